The van der Waals surface area contributed by atoms with Crippen molar-refractivity contribution in [1.29, 1.82) is 0 Å². The van der Waals surface area contributed by atoms with Gasteiger partial charge in [-0.25, -0.2) is 0 Å². The zero-order valence-electron chi connectivity index (χ0n) is 11.1. The summed E-state index contributed by atoms with van der Waals surface area (Å²) in [7, 11) is 1.69. The van der Waals surface area contributed by atoms with Crippen molar-refractivity contribution >= 4 is 11.7 Å². The number of ether oxygens (including phenoxy) is 1. The van der Waals surface area contributed by atoms with Crippen LogP contribution in [0.25, 0.3) is 0 Å². The number of nitrogens with two attached hydrogens (primary N) is 1. The topological polar surface area (TPSA) is 96.9 Å². The first-order chi connectivity index (χ1) is 8.62. The van der Waals surface area contributed by atoms with E-state index in [4.69, 9.17) is 15.7 Å². The first kappa shape index (κ1) is 14.8. The quantitative estimate of drug-likeness (QED) is 0.284. The van der Waals surface area contributed by atoms with Crippen molar-refractivity contribution in [1.82, 2.24) is 5.32 Å². The molecule has 0 spiro atoms. The normalized spacial score (nSPS) is 26.0. The molecule has 6 nitrogen and oxygen atoms in total. The Morgan fingerprint density at radius 3 is 2.83 bits per heavy atom. The van der Waals surface area contributed by atoms with Crippen molar-refractivity contribution in [2.75, 3.05) is 7.11 Å². The lowest BCUT2D eigenvalue weighted by atomic mass is 10.0. The van der Waals surface area contributed by atoms with Gasteiger partial charge in [-0.2, -0.15) is 0 Å². The SMILES string of the molecule is CCCC(C(=O)NC1CCC(OC)C1)C(N)=NO. The third-order valence-corrected chi connectivity index (χ3v) is 3.43. The Balaban J connectivity index is 2.52. The number of hydrogen-bond donors (Lipinski definition) is 3. The molecule has 6 heteroatoms. The van der Waals surface area contributed by atoms with E-state index >= 15 is 0 Å². The highest BCUT2D eigenvalue weighted by Gasteiger charge is 2.29. The largest absolute Gasteiger partial charge is 0.409 e. The van der Waals surface area contributed by atoms with Crippen molar-refractivity contribution in [3.63, 3.8) is 0 Å². The summed E-state index contributed by atoms with van der Waals surface area (Å²) in [5.41, 5.74) is 5.55. The van der Waals surface area contributed by atoms with Gasteiger partial charge in [-0.3, -0.25) is 4.79 Å². The molecule has 0 aromatic carbocycles. The predicted molar refractivity (Wildman–Crippen MR) is 68.4 cm³/mol. The van der Waals surface area contributed by atoms with Crippen molar-refractivity contribution in [2.45, 2.75) is 51.2 Å². The lowest BCUT2D eigenvalue weighted by molar-refractivity contribution is -0.124. The zero-order chi connectivity index (χ0) is 13.5. The minimum absolute atomic E-state index is 0.0179. The number of carbonyl (C=O) groups is 1. The van der Waals surface area contributed by atoms with Crippen LogP contribution in [0.4, 0.5) is 0 Å². The molecule has 0 aliphatic heterocycles. The second-order valence-electron chi connectivity index (χ2n) is 4.74. The zero-order valence-corrected chi connectivity index (χ0v) is 11.1. The average molecular weight is 257 g/mol. The summed E-state index contributed by atoms with van der Waals surface area (Å²) in [6.07, 6.45) is 4.32. The van der Waals surface area contributed by atoms with Gasteiger partial charge in [-0.05, 0) is 25.7 Å². The Kier molecular flexibility index (Phi) is 5.91. The Bertz CT molecular complexity index is 307. The van der Waals surface area contributed by atoms with Crippen LogP contribution >= 0.6 is 0 Å². The van der Waals surface area contributed by atoms with E-state index < -0.39 is 5.92 Å². The molecular weight excluding hydrogens is 234 g/mol. The third-order valence-electron chi connectivity index (χ3n) is 3.43. The predicted octanol–water partition coefficient (Wildman–Crippen LogP) is 0.833. The molecule has 0 aromatic heterocycles. The number of hydrogen-bond acceptors (Lipinski definition) is 4. The molecule has 0 saturated heterocycles. The van der Waals surface area contributed by atoms with Gasteiger partial charge in [-0.15, -0.1) is 0 Å². The van der Waals surface area contributed by atoms with Gasteiger partial charge in [0.1, 0.15) is 0 Å². The summed E-state index contributed by atoms with van der Waals surface area (Å²) in [6, 6.07) is 0.133. The van der Waals surface area contributed by atoms with Crippen LogP contribution in [0.15, 0.2) is 5.16 Å². The third kappa shape index (κ3) is 3.87. The van der Waals surface area contributed by atoms with E-state index in [-0.39, 0.29) is 23.9 Å². The molecule has 1 rings (SSSR count). The molecule has 18 heavy (non-hydrogen) atoms. The first-order valence-corrected chi connectivity index (χ1v) is 6.42. The molecule has 1 saturated carbocycles. The molecule has 1 amide bonds. The fourth-order valence-corrected chi connectivity index (χ4v) is 2.36. The first-order valence-electron chi connectivity index (χ1n) is 6.42. The number of oxime groups is 1. The Morgan fingerprint density at radius 2 is 2.33 bits per heavy atom. The standard InChI is InChI=1S/C12H23N3O3/c1-3-4-10(11(13)15-17)12(16)14-8-5-6-9(7-8)18-2/h8-10,17H,3-7H2,1-2H3,(H2,13,15)(H,14,16). The molecule has 4 N–H and O–H groups in total. The molecule has 1 aliphatic rings. The molecule has 3 atom stereocenters. The van der Waals surface area contributed by atoms with Gasteiger partial charge in [0.05, 0.1) is 12.0 Å². The van der Waals surface area contributed by atoms with Crippen LogP contribution in [0.2, 0.25) is 0 Å². The van der Waals surface area contributed by atoms with Crippen molar-refractivity contribution in [2.24, 2.45) is 16.8 Å². The highest BCUT2D eigenvalue weighted by molar-refractivity contribution is 6.02. The van der Waals surface area contributed by atoms with Crippen molar-refractivity contribution in [3.05, 3.63) is 0 Å². The van der Waals surface area contributed by atoms with Gasteiger partial charge in [0.2, 0.25) is 5.91 Å². The van der Waals surface area contributed by atoms with Gasteiger partial charge in [-0.1, -0.05) is 18.5 Å². The van der Waals surface area contributed by atoms with E-state index in [0.717, 1.165) is 25.7 Å². The van der Waals surface area contributed by atoms with Crippen LogP contribution in [-0.4, -0.2) is 36.2 Å². The second kappa shape index (κ2) is 7.20. The van der Waals surface area contributed by atoms with E-state index in [1.165, 1.54) is 0 Å². The van der Waals surface area contributed by atoms with Gasteiger partial charge >= 0.3 is 0 Å². The van der Waals surface area contributed by atoms with Crippen LogP contribution in [-0.2, 0) is 9.53 Å². The molecule has 0 radical (unpaired) electrons. The lowest BCUT2D eigenvalue weighted by Gasteiger charge is -2.18. The van der Waals surface area contributed by atoms with Crippen LogP contribution in [0.3, 0.4) is 0 Å². The maximum atomic E-state index is 12.1. The number of amidine groups is 1. The Labute approximate surface area is 108 Å². The molecule has 104 valence electrons. The van der Waals surface area contributed by atoms with Crippen LogP contribution in [0, 0.1) is 5.92 Å². The van der Waals surface area contributed by atoms with E-state index in [2.05, 4.69) is 10.5 Å². The molecule has 3 unspecified atom stereocenters. The van der Waals surface area contributed by atoms with Crippen molar-refractivity contribution in [3.8, 4) is 0 Å². The number of methoxy groups -OCH3 is 1. The molecule has 0 heterocycles. The highest BCUT2D eigenvalue weighted by Crippen LogP contribution is 2.22. The maximum Gasteiger partial charge on any atom is 0.231 e. The number of nitrogens with zero attached hydrogens (tertiary/aromatic N) is 1. The fraction of sp³-hybridized carbons (Fsp3) is 0.833. The second-order valence-corrected chi connectivity index (χ2v) is 4.74. The molecular formula is C12H23N3O3. The molecule has 0 bridgehead atoms. The van der Waals surface area contributed by atoms with Crippen molar-refractivity contribution < 1.29 is 14.7 Å². The van der Waals surface area contributed by atoms with E-state index in [1.54, 1.807) is 7.11 Å². The van der Waals surface area contributed by atoms with Crippen LogP contribution in [0.1, 0.15) is 39.0 Å². The van der Waals surface area contributed by atoms with Crippen LogP contribution in [0.5, 0.6) is 0 Å². The average Bonchev–Trinajstić information content (AvgIpc) is 2.82. The summed E-state index contributed by atoms with van der Waals surface area (Å²) in [5.74, 6) is -0.717. The van der Waals surface area contributed by atoms with Gasteiger partial charge in [0, 0.05) is 13.2 Å². The maximum absolute atomic E-state index is 12.1. The minimum atomic E-state index is -0.540. The summed E-state index contributed by atoms with van der Waals surface area (Å²) in [6.45, 7) is 1.96. The molecule has 0 aromatic rings. The molecule has 1 aliphatic carbocycles. The summed E-state index contributed by atoms with van der Waals surface area (Å²) >= 11 is 0. The smallest absolute Gasteiger partial charge is 0.231 e. The van der Waals surface area contributed by atoms with Gasteiger partial charge in [0.25, 0.3) is 0 Å². The Hall–Kier alpha value is -1.30. The highest BCUT2D eigenvalue weighted by atomic mass is 16.5. The summed E-state index contributed by atoms with van der Waals surface area (Å²) in [4.78, 5) is 12.1. The number of carbonyl (C=O) groups excluding carboxylic acids is 1. The van der Waals surface area contributed by atoms with E-state index in [9.17, 15) is 4.79 Å². The van der Waals surface area contributed by atoms with Gasteiger partial charge in [0.15, 0.2) is 5.84 Å². The van der Waals surface area contributed by atoms with Crippen LogP contribution < -0.4 is 11.1 Å². The Morgan fingerprint density at radius 1 is 1.61 bits per heavy atom. The lowest BCUT2D eigenvalue weighted by Crippen LogP contribution is -2.43. The summed E-state index contributed by atoms with van der Waals surface area (Å²) < 4.78 is 5.26. The van der Waals surface area contributed by atoms with Gasteiger partial charge < -0.3 is 21.0 Å². The molecule has 1 fully saturated rings. The van der Waals surface area contributed by atoms with E-state index in [1.807, 2.05) is 6.92 Å². The minimum Gasteiger partial charge on any atom is -0.409 e. The number of amides is 1. The fourth-order valence-electron chi connectivity index (χ4n) is 2.36. The van der Waals surface area contributed by atoms with E-state index in [0.29, 0.717) is 6.42 Å². The summed E-state index contributed by atoms with van der Waals surface area (Å²) in [5, 5.41) is 14.6. The number of nitrogens with one attached hydrogen (secondary N) is 1. The number of rotatable bonds is 6. The monoisotopic (exact) mass is 257 g/mol.